The largest absolute Gasteiger partial charge is 0.484 e. The molecule has 3 rings (SSSR count). The van der Waals surface area contributed by atoms with E-state index >= 15 is 0 Å². The normalized spacial score (nSPS) is 11.4. The second-order valence-electron chi connectivity index (χ2n) is 6.71. The molecular weight excluding hydrogens is 429 g/mol. The summed E-state index contributed by atoms with van der Waals surface area (Å²) in [6, 6.07) is 16.0. The third-order valence-electron chi connectivity index (χ3n) is 4.23. The van der Waals surface area contributed by atoms with Crippen LogP contribution in [0.5, 0.6) is 5.75 Å². The van der Waals surface area contributed by atoms with E-state index in [9.17, 15) is 18.0 Å². The van der Waals surface area contributed by atoms with Crippen LogP contribution in [0.1, 0.15) is 17.0 Å². The topological polar surface area (TPSA) is 69.0 Å². The average Bonchev–Trinajstić information content (AvgIpc) is 3.09. The lowest BCUT2D eigenvalue weighted by Gasteiger charge is -2.10. The minimum absolute atomic E-state index is 0.121. The highest BCUT2D eigenvalue weighted by Gasteiger charge is 2.28. The van der Waals surface area contributed by atoms with Gasteiger partial charge in [-0.3, -0.25) is 4.79 Å². The molecule has 0 radical (unpaired) electrons. The maximum Gasteiger partial charge on any atom is 0.422 e. The molecule has 0 fully saturated rings. The molecule has 0 bridgehead atoms. The van der Waals surface area contributed by atoms with E-state index in [0.29, 0.717) is 11.7 Å². The molecule has 1 heterocycles. The molecule has 0 saturated carbocycles. The Morgan fingerprint density at radius 3 is 2.45 bits per heavy atom. The van der Waals surface area contributed by atoms with Gasteiger partial charge in [-0.05, 0) is 30.2 Å². The molecule has 0 aliphatic rings. The van der Waals surface area contributed by atoms with Crippen molar-refractivity contribution in [2.24, 2.45) is 0 Å². The molecule has 31 heavy (non-hydrogen) atoms. The number of benzene rings is 2. The Labute approximate surface area is 181 Å². The van der Waals surface area contributed by atoms with E-state index in [4.69, 9.17) is 0 Å². The van der Waals surface area contributed by atoms with E-state index in [1.807, 2.05) is 41.8 Å². The van der Waals surface area contributed by atoms with E-state index in [1.165, 1.54) is 23.9 Å². The first-order chi connectivity index (χ1) is 14.8. The van der Waals surface area contributed by atoms with Gasteiger partial charge in [0.05, 0.1) is 12.3 Å². The maximum atomic E-state index is 12.2. The third kappa shape index (κ3) is 7.32. The highest BCUT2D eigenvalue weighted by atomic mass is 32.2. The number of halogens is 3. The minimum Gasteiger partial charge on any atom is -0.484 e. The van der Waals surface area contributed by atoms with Crippen molar-refractivity contribution in [3.05, 3.63) is 71.5 Å². The second kappa shape index (κ2) is 10.3. The molecule has 10 heteroatoms. The van der Waals surface area contributed by atoms with Gasteiger partial charge >= 0.3 is 6.18 Å². The molecule has 0 saturated heterocycles. The lowest BCUT2D eigenvalue weighted by atomic mass is 10.2. The monoisotopic (exact) mass is 450 g/mol. The standard InChI is InChI=1S/C21H21F3N4O2S/c1-15-26-27-20(28(15)12-17-5-3-2-4-6-17)31-13-19(29)25-11-16-7-9-18(10-8-16)30-14-21(22,23)24/h2-10H,11-14H2,1H3,(H,25,29). The molecule has 164 valence electrons. The quantitative estimate of drug-likeness (QED) is 0.500. The predicted molar refractivity (Wildman–Crippen MR) is 111 cm³/mol. The van der Waals surface area contributed by atoms with Gasteiger partial charge in [-0.25, -0.2) is 0 Å². The second-order valence-corrected chi connectivity index (χ2v) is 7.66. The van der Waals surface area contributed by atoms with E-state index in [2.05, 4.69) is 20.3 Å². The van der Waals surface area contributed by atoms with Gasteiger partial charge in [-0.15, -0.1) is 10.2 Å². The summed E-state index contributed by atoms with van der Waals surface area (Å²) in [5.41, 5.74) is 1.86. The Kier molecular flexibility index (Phi) is 7.56. The van der Waals surface area contributed by atoms with Crippen LogP contribution in [-0.4, -0.2) is 39.2 Å². The molecule has 0 unspecified atom stereocenters. The van der Waals surface area contributed by atoms with Crippen LogP contribution in [0.2, 0.25) is 0 Å². The number of hydrogen-bond acceptors (Lipinski definition) is 5. The van der Waals surface area contributed by atoms with Crippen LogP contribution < -0.4 is 10.1 Å². The van der Waals surface area contributed by atoms with Crippen molar-refractivity contribution in [2.75, 3.05) is 12.4 Å². The van der Waals surface area contributed by atoms with Crippen LogP contribution in [0.15, 0.2) is 59.8 Å². The molecule has 2 aromatic carbocycles. The summed E-state index contributed by atoms with van der Waals surface area (Å²) in [4.78, 5) is 12.2. The number of hydrogen-bond donors (Lipinski definition) is 1. The van der Waals surface area contributed by atoms with E-state index in [1.54, 1.807) is 12.1 Å². The van der Waals surface area contributed by atoms with Crippen molar-refractivity contribution in [1.82, 2.24) is 20.1 Å². The highest BCUT2D eigenvalue weighted by Crippen LogP contribution is 2.20. The Morgan fingerprint density at radius 2 is 1.77 bits per heavy atom. The Morgan fingerprint density at radius 1 is 1.06 bits per heavy atom. The van der Waals surface area contributed by atoms with Gasteiger partial charge in [0.1, 0.15) is 11.6 Å². The van der Waals surface area contributed by atoms with Crippen LogP contribution in [0, 0.1) is 6.92 Å². The van der Waals surface area contributed by atoms with Crippen LogP contribution >= 0.6 is 11.8 Å². The number of aryl methyl sites for hydroxylation is 1. The van der Waals surface area contributed by atoms with E-state index in [0.717, 1.165) is 17.0 Å². The number of amides is 1. The number of rotatable bonds is 9. The lowest BCUT2D eigenvalue weighted by molar-refractivity contribution is -0.153. The van der Waals surface area contributed by atoms with Gasteiger partial charge in [-0.2, -0.15) is 13.2 Å². The zero-order chi connectivity index (χ0) is 22.3. The Hall–Kier alpha value is -3.01. The van der Waals surface area contributed by atoms with Crippen molar-refractivity contribution in [3.63, 3.8) is 0 Å². The molecule has 1 aromatic heterocycles. The van der Waals surface area contributed by atoms with Crippen molar-refractivity contribution >= 4 is 17.7 Å². The van der Waals surface area contributed by atoms with Crippen LogP contribution in [0.3, 0.4) is 0 Å². The number of carbonyl (C=O) groups excluding carboxylic acids is 1. The fourth-order valence-electron chi connectivity index (χ4n) is 2.67. The number of nitrogens with zero attached hydrogens (tertiary/aromatic N) is 3. The summed E-state index contributed by atoms with van der Waals surface area (Å²) in [7, 11) is 0. The lowest BCUT2D eigenvalue weighted by Crippen LogP contribution is -2.24. The molecular formula is C21H21F3N4O2S. The summed E-state index contributed by atoms with van der Waals surface area (Å²) in [5, 5.41) is 11.7. The molecule has 0 aliphatic heterocycles. The maximum absolute atomic E-state index is 12.2. The molecule has 1 amide bonds. The van der Waals surface area contributed by atoms with Crippen molar-refractivity contribution in [2.45, 2.75) is 31.3 Å². The SMILES string of the molecule is Cc1nnc(SCC(=O)NCc2ccc(OCC(F)(F)F)cc2)n1Cc1ccccc1. The molecule has 1 N–H and O–H groups in total. The molecule has 3 aromatic rings. The number of ether oxygens (including phenoxy) is 1. The van der Waals surface area contributed by atoms with Crippen molar-refractivity contribution in [3.8, 4) is 5.75 Å². The predicted octanol–water partition coefficient (Wildman–Crippen LogP) is 3.98. The Balaban J connectivity index is 1.47. The van der Waals surface area contributed by atoms with Crippen LogP contribution in [0.25, 0.3) is 0 Å². The fourth-order valence-corrected chi connectivity index (χ4v) is 3.48. The van der Waals surface area contributed by atoms with Gasteiger partial charge in [0.15, 0.2) is 11.8 Å². The smallest absolute Gasteiger partial charge is 0.422 e. The van der Waals surface area contributed by atoms with Gasteiger partial charge in [0.25, 0.3) is 0 Å². The molecule has 0 atom stereocenters. The van der Waals surface area contributed by atoms with Crippen LogP contribution in [-0.2, 0) is 17.9 Å². The fraction of sp³-hybridized carbons (Fsp3) is 0.286. The summed E-state index contributed by atoms with van der Waals surface area (Å²) >= 11 is 1.29. The first-order valence-electron chi connectivity index (χ1n) is 9.42. The summed E-state index contributed by atoms with van der Waals surface area (Å²) in [5.74, 6) is 0.865. The summed E-state index contributed by atoms with van der Waals surface area (Å²) in [6.07, 6.45) is -4.38. The number of aromatic nitrogens is 3. The molecule has 0 aliphatic carbocycles. The third-order valence-corrected chi connectivity index (χ3v) is 5.20. The minimum atomic E-state index is -4.38. The van der Waals surface area contributed by atoms with E-state index in [-0.39, 0.29) is 24.0 Å². The van der Waals surface area contributed by atoms with Crippen LogP contribution in [0.4, 0.5) is 13.2 Å². The molecule has 0 spiro atoms. The zero-order valence-corrected chi connectivity index (χ0v) is 17.5. The first-order valence-corrected chi connectivity index (χ1v) is 10.4. The number of thioether (sulfide) groups is 1. The average molecular weight is 450 g/mol. The summed E-state index contributed by atoms with van der Waals surface area (Å²) in [6.45, 7) is 1.40. The van der Waals surface area contributed by atoms with Gasteiger partial charge in [0, 0.05) is 6.54 Å². The Bertz CT molecular complexity index is 992. The highest BCUT2D eigenvalue weighted by molar-refractivity contribution is 7.99. The first kappa shape index (κ1) is 22.7. The van der Waals surface area contributed by atoms with Gasteiger partial charge in [0.2, 0.25) is 5.91 Å². The number of nitrogens with one attached hydrogen (secondary N) is 1. The number of alkyl halides is 3. The zero-order valence-electron chi connectivity index (χ0n) is 16.7. The number of carbonyl (C=O) groups is 1. The van der Waals surface area contributed by atoms with Gasteiger partial charge in [-0.1, -0.05) is 54.2 Å². The van der Waals surface area contributed by atoms with E-state index < -0.39 is 12.8 Å². The van der Waals surface area contributed by atoms with Gasteiger partial charge < -0.3 is 14.6 Å². The summed E-state index contributed by atoms with van der Waals surface area (Å²) < 4.78 is 43.1. The van der Waals surface area contributed by atoms with Crippen molar-refractivity contribution in [1.29, 1.82) is 0 Å². The van der Waals surface area contributed by atoms with Crippen molar-refractivity contribution < 1.29 is 22.7 Å². The molecule has 6 nitrogen and oxygen atoms in total.